The molecule has 3 nitrogen and oxygen atoms in total. The summed E-state index contributed by atoms with van der Waals surface area (Å²) >= 11 is 12.1. The molecule has 0 radical (unpaired) electrons. The predicted molar refractivity (Wildman–Crippen MR) is 86.4 cm³/mol. The van der Waals surface area contributed by atoms with Crippen molar-refractivity contribution in [3.05, 3.63) is 58.9 Å². The van der Waals surface area contributed by atoms with E-state index in [9.17, 15) is 0 Å². The topological polar surface area (TPSA) is 27.1 Å². The van der Waals surface area contributed by atoms with Crippen molar-refractivity contribution in [1.29, 1.82) is 0 Å². The molecule has 0 bridgehead atoms. The van der Waals surface area contributed by atoms with Gasteiger partial charge in [-0.25, -0.2) is 4.98 Å². The highest BCUT2D eigenvalue weighted by molar-refractivity contribution is 6.31. The highest BCUT2D eigenvalue weighted by atomic mass is 35.5. The largest absolute Gasteiger partial charge is 0.497 e. The summed E-state index contributed by atoms with van der Waals surface area (Å²) in [5.74, 6) is 2.03. The van der Waals surface area contributed by atoms with Crippen LogP contribution in [0.4, 0.5) is 0 Å². The van der Waals surface area contributed by atoms with Crippen LogP contribution in [0.2, 0.25) is 5.02 Å². The van der Waals surface area contributed by atoms with E-state index in [1.807, 2.05) is 36.4 Å². The van der Waals surface area contributed by atoms with Gasteiger partial charge in [-0.15, -0.1) is 11.6 Å². The van der Waals surface area contributed by atoms with Gasteiger partial charge in [-0.1, -0.05) is 23.7 Å². The maximum Gasteiger partial charge on any atom is 0.125 e. The number of benzene rings is 2. The maximum absolute atomic E-state index is 6.03. The number of hydrogen-bond donors (Lipinski definition) is 0. The highest BCUT2D eigenvalue weighted by Gasteiger charge is 2.11. The van der Waals surface area contributed by atoms with E-state index in [-0.39, 0.29) is 0 Å². The third kappa shape index (κ3) is 2.85. The molecule has 1 aromatic heterocycles. The van der Waals surface area contributed by atoms with Crippen LogP contribution in [0.25, 0.3) is 11.0 Å². The van der Waals surface area contributed by atoms with Crippen molar-refractivity contribution >= 4 is 34.2 Å². The molecule has 0 N–H and O–H groups in total. The van der Waals surface area contributed by atoms with E-state index in [0.717, 1.165) is 28.2 Å². The Kier molecular flexibility index (Phi) is 4.04. The van der Waals surface area contributed by atoms with Crippen LogP contribution in [0.1, 0.15) is 11.4 Å². The molecule has 0 aliphatic heterocycles. The third-order valence-electron chi connectivity index (χ3n) is 3.38. The van der Waals surface area contributed by atoms with Gasteiger partial charge in [0.2, 0.25) is 0 Å². The summed E-state index contributed by atoms with van der Waals surface area (Å²) in [6.45, 7) is 0.692. The molecule has 5 heteroatoms. The highest BCUT2D eigenvalue weighted by Crippen LogP contribution is 2.23. The molecule has 1 heterocycles. The normalized spacial score (nSPS) is 11.0. The van der Waals surface area contributed by atoms with E-state index in [0.29, 0.717) is 17.4 Å². The molecule has 0 fully saturated rings. The van der Waals surface area contributed by atoms with Gasteiger partial charge in [0.1, 0.15) is 11.6 Å². The van der Waals surface area contributed by atoms with E-state index in [2.05, 4.69) is 15.6 Å². The van der Waals surface area contributed by atoms with Gasteiger partial charge in [0.25, 0.3) is 0 Å². The van der Waals surface area contributed by atoms with Gasteiger partial charge in [-0.3, -0.25) is 0 Å². The number of imidazole rings is 1. The van der Waals surface area contributed by atoms with Crippen molar-refractivity contribution < 1.29 is 4.74 Å². The number of rotatable bonds is 4. The Bertz CT molecular complexity index is 783. The van der Waals surface area contributed by atoms with Crippen molar-refractivity contribution in [3.63, 3.8) is 0 Å². The fourth-order valence-corrected chi connectivity index (χ4v) is 2.76. The molecule has 108 valence electrons. The van der Waals surface area contributed by atoms with Crippen molar-refractivity contribution in [2.75, 3.05) is 7.11 Å². The van der Waals surface area contributed by atoms with Crippen LogP contribution in [0.15, 0.2) is 42.5 Å². The van der Waals surface area contributed by atoms with Crippen molar-refractivity contribution in [2.24, 2.45) is 0 Å². The average Bonchev–Trinajstić information content (AvgIpc) is 2.84. The third-order valence-corrected chi connectivity index (χ3v) is 3.86. The first kappa shape index (κ1) is 14.2. The fourth-order valence-electron chi connectivity index (χ4n) is 2.38. The average molecular weight is 321 g/mol. The smallest absolute Gasteiger partial charge is 0.125 e. The van der Waals surface area contributed by atoms with E-state index in [1.165, 1.54) is 0 Å². The molecule has 0 spiro atoms. The van der Waals surface area contributed by atoms with Gasteiger partial charge in [-0.2, -0.15) is 0 Å². The lowest BCUT2D eigenvalue weighted by atomic mass is 10.2. The Morgan fingerprint density at radius 3 is 2.81 bits per heavy atom. The number of halogens is 2. The minimum Gasteiger partial charge on any atom is -0.497 e. The Morgan fingerprint density at radius 2 is 2.05 bits per heavy atom. The SMILES string of the molecule is COc1cccc(Cn2c(CCl)nc3cc(Cl)ccc32)c1. The van der Waals surface area contributed by atoms with Gasteiger partial charge in [0, 0.05) is 11.6 Å². The molecule has 21 heavy (non-hydrogen) atoms. The second kappa shape index (κ2) is 5.96. The standard InChI is InChI=1S/C16H14Cl2N2O/c1-21-13-4-2-3-11(7-13)10-20-15-6-5-12(18)8-14(15)19-16(20)9-17/h2-8H,9-10H2,1H3. The Labute approximate surface area is 133 Å². The van der Waals surface area contributed by atoms with E-state index < -0.39 is 0 Å². The summed E-state index contributed by atoms with van der Waals surface area (Å²) < 4.78 is 7.37. The number of hydrogen-bond acceptors (Lipinski definition) is 2. The van der Waals surface area contributed by atoms with Crippen LogP contribution in [0, 0.1) is 0 Å². The first-order chi connectivity index (χ1) is 10.2. The molecular formula is C16H14Cl2N2O. The lowest BCUT2D eigenvalue weighted by Gasteiger charge is -2.09. The Morgan fingerprint density at radius 1 is 1.19 bits per heavy atom. The molecule has 0 saturated heterocycles. The number of aromatic nitrogens is 2. The second-order valence-electron chi connectivity index (χ2n) is 4.73. The summed E-state index contributed by atoms with van der Waals surface area (Å²) in [5.41, 5.74) is 3.02. The zero-order valence-corrected chi connectivity index (χ0v) is 13.0. The molecule has 0 unspecified atom stereocenters. The zero-order chi connectivity index (χ0) is 14.8. The number of ether oxygens (including phenoxy) is 1. The summed E-state index contributed by atoms with van der Waals surface area (Å²) in [5, 5.41) is 0.676. The van der Waals surface area contributed by atoms with Crippen LogP contribution in [-0.4, -0.2) is 16.7 Å². The van der Waals surface area contributed by atoms with Crippen LogP contribution in [0.5, 0.6) is 5.75 Å². The van der Waals surface area contributed by atoms with Gasteiger partial charge in [0.05, 0.1) is 24.0 Å². The molecular weight excluding hydrogens is 307 g/mol. The first-order valence-electron chi connectivity index (χ1n) is 6.55. The summed E-state index contributed by atoms with van der Waals surface area (Å²) in [4.78, 5) is 4.55. The number of alkyl halides is 1. The monoisotopic (exact) mass is 320 g/mol. The second-order valence-corrected chi connectivity index (χ2v) is 5.44. The van der Waals surface area contributed by atoms with E-state index >= 15 is 0 Å². The number of fused-ring (bicyclic) bond motifs is 1. The zero-order valence-electron chi connectivity index (χ0n) is 11.5. The molecule has 0 aliphatic carbocycles. The number of nitrogens with zero attached hydrogens (tertiary/aromatic N) is 2. The van der Waals surface area contributed by atoms with E-state index in [4.69, 9.17) is 27.9 Å². The van der Waals surface area contributed by atoms with Gasteiger partial charge < -0.3 is 9.30 Å². The molecule has 2 aromatic carbocycles. The van der Waals surface area contributed by atoms with Crippen LogP contribution < -0.4 is 4.74 Å². The quantitative estimate of drug-likeness (QED) is 0.662. The van der Waals surface area contributed by atoms with Gasteiger partial charge in [0.15, 0.2) is 0 Å². The lowest BCUT2D eigenvalue weighted by Crippen LogP contribution is -2.04. The Balaban J connectivity index is 2.06. The first-order valence-corrected chi connectivity index (χ1v) is 7.46. The molecule has 0 aliphatic rings. The predicted octanol–water partition coefficient (Wildman–Crippen LogP) is 4.49. The summed E-state index contributed by atoms with van der Waals surface area (Å²) in [7, 11) is 1.66. The fraction of sp³-hybridized carbons (Fsp3) is 0.188. The minimum atomic E-state index is 0.357. The Hall–Kier alpha value is -1.71. The maximum atomic E-state index is 6.03. The summed E-state index contributed by atoms with van der Waals surface area (Å²) in [6, 6.07) is 13.7. The van der Waals surface area contributed by atoms with Crippen LogP contribution in [0.3, 0.4) is 0 Å². The summed E-state index contributed by atoms with van der Waals surface area (Å²) in [6.07, 6.45) is 0. The van der Waals surface area contributed by atoms with Crippen LogP contribution in [-0.2, 0) is 12.4 Å². The molecule has 3 aromatic rings. The molecule has 0 saturated carbocycles. The van der Waals surface area contributed by atoms with Crippen molar-refractivity contribution in [3.8, 4) is 5.75 Å². The van der Waals surface area contributed by atoms with E-state index in [1.54, 1.807) is 7.11 Å². The lowest BCUT2D eigenvalue weighted by molar-refractivity contribution is 0.414. The van der Waals surface area contributed by atoms with Crippen LogP contribution >= 0.6 is 23.2 Å². The number of methoxy groups -OCH3 is 1. The van der Waals surface area contributed by atoms with Gasteiger partial charge in [-0.05, 0) is 35.9 Å². The van der Waals surface area contributed by atoms with Crippen molar-refractivity contribution in [2.45, 2.75) is 12.4 Å². The van der Waals surface area contributed by atoms with Gasteiger partial charge >= 0.3 is 0 Å². The molecule has 3 rings (SSSR count). The molecule has 0 amide bonds. The molecule has 0 atom stereocenters. The van der Waals surface area contributed by atoms with Crippen molar-refractivity contribution in [1.82, 2.24) is 9.55 Å². The minimum absolute atomic E-state index is 0.357.